The maximum atomic E-state index is 13.8. The predicted octanol–water partition coefficient (Wildman–Crippen LogP) is 4.07. The average Bonchev–Trinajstić information content (AvgIpc) is 2.74. The van der Waals surface area contributed by atoms with Crippen LogP contribution >= 0.6 is 0 Å². The lowest BCUT2D eigenvalue weighted by Crippen LogP contribution is -2.51. The molecule has 0 saturated carbocycles. The van der Waals surface area contributed by atoms with E-state index in [9.17, 15) is 18.4 Å². The Hall–Kier alpha value is -2.96. The van der Waals surface area contributed by atoms with Gasteiger partial charge < -0.3 is 15.0 Å². The lowest BCUT2D eigenvalue weighted by molar-refractivity contribution is -0.143. The first kappa shape index (κ1) is 23.3. The van der Waals surface area contributed by atoms with E-state index in [0.29, 0.717) is 12.0 Å². The van der Waals surface area contributed by atoms with E-state index in [4.69, 9.17) is 4.74 Å². The smallest absolute Gasteiger partial charge is 0.261 e. The molecule has 0 saturated heterocycles. The van der Waals surface area contributed by atoms with Gasteiger partial charge in [0.15, 0.2) is 18.2 Å². The zero-order valence-electron chi connectivity index (χ0n) is 17.5. The van der Waals surface area contributed by atoms with Crippen LogP contribution in [0, 0.1) is 11.6 Å². The third kappa shape index (κ3) is 6.54. The Bertz CT molecular complexity index is 843. The molecule has 30 heavy (non-hydrogen) atoms. The van der Waals surface area contributed by atoms with Crippen LogP contribution < -0.4 is 10.1 Å². The summed E-state index contributed by atoms with van der Waals surface area (Å²) in [6, 6.07) is 10.8. The van der Waals surface area contributed by atoms with Crippen LogP contribution in [-0.2, 0) is 16.1 Å². The molecule has 5 nitrogen and oxygen atoms in total. The number of para-hydroxylation sites is 1. The van der Waals surface area contributed by atoms with Gasteiger partial charge in [0.05, 0.1) is 0 Å². The van der Waals surface area contributed by atoms with Crippen molar-refractivity contribution >= 4 is 11.8 Å². The fourth-order valence-electron chi connectivity index (χ4n) is 2.93. The van der Waals surface area contributed by atoms with Crippen LogP contribution in [0.5, 0.6) is 5.75 Å². The molecule has 1 N–H and O–H groups in total. The number of carbonyl (C=O) groups is 2. The van der Waals surface area contributed by atoms with Crippen molar-refractivity contribution in [2.45, 2.75) is 52.2 Å². The van der Waals surface area contributed by atoms with Gasteiger partial charge >= 0.3 is 0 Å². The van der Waals surface area contributed by atoms with E-state index in [-0.39, 0.29) is 30.1 Å². The van der Waals surface area contributed by atoms with Gasteiger partial charge in [-0.25, -0.2) is 8.78 Å². The van der Waals surface area contributed by atoms with Crippen molar-refractivity contribution in [1.29, 1.82) is 0 Å². The first-order valence-electron chi connectivity index (χ1n) is 10.1. The normalized spacial score (nSPS) is 12.7. The van der Waals surface area contributed by atoms with Crippen molar-refractivity contribution in [3.63, 3.8) is 0 Å². The van der Waals surface area contributed by atoms with Gasteiger partial charge in [-0.1, -0.05) is 38.1 Å². The number of halogens is 2. The van der Waals surface area contributed by atoms with Gasteiger partial charge in [0.1, 0.15) is 11.9 Å². The SMILES string of the molecule is CC[C@@H](C)NC(=O)[C@@H](CC)N(Cc1ccc(F)cc1)C(=O)COc1ccccc1F. The molecule has 2 aromatic rings. The molecule has 2 rings (SSSR count). The van der Waals surface area contributed by atoms with Gasteiger partial charge in [0.2, 0.25) is 5.91 Å². The molecule has 0 aliphatic rings. The number of hydrogen-bond acceptors (Lipinski definition) is 3. The van der Waals surface area contributed by atoms with E-state index in [0.717, 1.165) is 6.42 Å². The van der Waals surface area contributed by atoms with Crippen LogP contribution in [0.25, 0.3) is 0 Å². The molecule has 2 atom stereocenters. The van der Waals surface area contributed by atoms with Crippen LogP contribution in [0.15, 0.2) is 48.5 Å². The molecular weight excluding hydrogens is 390 g/mol. The molecule has 0 aliphatic heterocycles. The molecule has 0 heterocycles. The summed E-state index contributed by atoms with van der Waals surface area (Å²) in [5.41, 5.74) is 0.672. The Morgan fingerprint density at radius 2 is 1.70 bits per heavy atom. The Labute approximate surface area is 176 Å². The van der Waals surface area contributed by atoms with Gasteiger partial charge in [0, 0.05) is 12.6 Å². The second-order valence-corrected chi connectivity index (χ2v) is 7.11. The highest BCUT2D eigenvalue weighted by atomic mass is 19.1. The highest BCUT2D eigenvalue weighted by molar-refractivity contribution is 5.88. The summed E-state index contributed by atoms with van der Waals surface area (Å²) in [5, 5.41) is 2.90. The van der Waals surface area contributed by atoms with Crippen LogP contribution in [0.2, 0.25) is 0 Å². The largest absolute Gasteiger partial charge is 0.481 e. The summed E-state index contributed by atoms with van der Waals surface area (Å²) >= 11 is 0. The monoisotopic (exact) mass is 418 g/mol. The second kappa shape index (κ2) is 11.3. The van der Waals surface area contributed by atoms with Crippen LogP contribution in [0.3, 0.4) is 0 Å². The number of ether oxygens (including phenoxy) is 1. The number of amides is 2. The molecular formula is C23H28F2N2O3. The summed E-state index contributed by atoms with van der Waals surface area (Å²) in [7, 11) is 0. The standard InChI is InChI=1S/C23H28F2N2O3/c1-4-16(3)26-23(29)20(5-2)27(14-17-10-12-18(24)13-11-17)22(28)15-30-21-9-7-6-8-19(21)25/h6-13,16,20H,4-5,14-15H2,1-3H3,(H,26,29)/t16-,20-/m1/s1. The van der Waals surface area contributed by atoms with Crippen molar-refractivity contribution in [3.05, 3.63) is 65.7 Å². The van der Waals surface area contributed by atoms with Gasteiger partial charge in [-0.3, -0.25) is 9.59 Å². The number of carbonyl (C=O) groups excluding carboxylic acids is 2. The quantitative estimate of drug-likeness (QED) is 0.633. The van der Waals surface area contributed by atoms with E-state index in [1.54, 1.807) is 18.2 Å². The van der Waals surface area contributed by atoms with Crippen LogP contribution in [-0.4, -0.2) is 35.4 Å². The minimum Gasteiger partial charge on any atom is -0.481 e. The Balaban J connectivity index is 2.21. The highest BCUT2D eigenvalue weighted by Gasteiger charge is 2.29. The zero-order valence-corrected chi connectivity index (χ0v) is 17.5. The molecule has 0 bridgehead atoms. The minimum absolute atomic E-state index is 0.0373. The second-order valence-electron chi connectivity index (χ2n) is 7.11. The molecule has 7 heteroatoms. The third-order valence-corrected chi connectivity index (χ3v) is 4.84. The number of nitrogens with zero attached hydrogens (tertiary/aromatic N) is 1. The first-order valence-corrected chi connectivity index (χ1v) is 10.1. The number of hydrogen-bond donors (Lipinski definition) is 1. The predicted molar refractivity (Wildman–Crippen MR) is 111 cm³/mol. The average molecular weight is 418 g/mol. The van der Waals surface area contributed by atoms with E-state index >= 15 is 0 Å². The Morgan fingerprint density at radius 1 is 1.03 bits per heavy atom. The third-order valence-electron chi connectivity index (χ3n) is 4.84. The lowest BCUT2D eigenvalue weighted by atomic mass is 10.1. The van der Waals surface area contributed by atoms with Crippen molar-refractivity contribution in [1.82, 2.24) is 10.2 Å². The van der Waals surface area contributed by atoms with Gasteiger partial charge in [-0.05, 0) is 49.6 Å². The maximum Gasteiger partial charge on any atom is 0.261 e. The molecule has 0 spiro atoms. The van der Waals surface area contributed by atoms with Gasteiger partial charge in [-0.15, -0.1) is 0 Å². The molecule has 0 fully saturated rings. The number of rotatable bonds is 10. The number of nitrogens with one attached hydrogen (secondary N) is 1. The zero-order chi connectivity index (χ0) is 22.1. The molecule has 2 amide bonds. The van der Waals surface area contributed by atoms with Crippen molar-refractivity contribution in [2.75, 3.05) is 6.61 Å². The summed E-state index contributed by atoms with van der Waals surface area (Å²) in [4.78, 5) is 27.2. The minimum atomic E-state index is -0.735. The Morgan fingerprint density at radius 3 is 2.30 bits per heavy atom. The van der Waals surface area contributed by atoms with E-state index < -0.39 is 24.4 Å². The summed E-state index contributed by atoms with van der Waals surface area (Å²) < 4.78 is 32.4. The molecule has 2 aromatic carbocycles. The maximum absolute atomic E-state index is 13.8. The molecule has 0 unspecified atom stereocenters. The fraction of sp³-hybridized carbons (Fsp3) is 0.391. The summed E-state index contributed by atoms with van der Waals surface area (Å²) in [6.07, 6.45) is 1.14. The van der Waals surface area contributed by atoms with E-state index in [2.05, 4.69) is 5.32 Å². The Kier molecular flexibility index (Phi) is 8.77. The highest BCUT2D eigenvalue weighted by Crippen LogP contribution is 2.17. The van der Waals surface area contributed by atoms with Crippen LogP contribution in [0.4, 0.5) is 8.78 Å². The first-order chi connectivity index (χ1) is 14.3. The molecule has 0 radical (unpaired) electrons. The molecule has 162 valence electrons. The van der Waals surface area contributed by atoms with Crippen molar-refractivity contribution in [2.24, 2.45) is 0 Å². The van der Waals surface area contributed by atoms with Gasteiger partial charge in [-0.2, -0.15) is 0 Å². The van der Waals surface area contributed by atoms with Gasteiger partial charge in [0.25, 0.3) is 5.91 Å². The fourth-order valence-corrected chi connectivity index (χ4v) is 2.93. The summed E-state index contributed by atoms with van der Waals surface area (Å²) in [6.45, 7) is 5.33. The van der Waals surface area contributed by atoms with Crippen LogP contribution in [0.1, 0.15) is 39.2 Å². The van der Waals surface area contributed by atoms with Crippen molar-refractivity contribution < 1.29 is 23.1 Å². The summed E-state index contributed by atoms with van der Waals surface area (Å²) in [5.74, 6) is -1.73. The molecule has 0 aliphatic carbocycles. The van der Waals surface area contributed by atoms with E-state index in [1.807, 2.05) is 20.8 Å². The number of benzene rings is 2. The topological polar surface area (TPSA) is 58.6 Å². The lowest BCUT2D eigenvalue weighted by Gasteiger charge is -2.31. The van der Waals surface area contributed by atoms with E-state index in [1.165, 1.54) is 35.2 Å². The molecule has 0 aromatic heterocycles. The van der Waals surface area contributed by atoms with Crippen molar-refractivity contribution in [3.8, 4) is 5.75 Å².